The maximum absolute atomic E-state index is 13.8. The standard InChI is InChI=1S/C30H44ClN5O4Si/c1-30(2,3)35(4)26(37)18-36-25(19-40-14-15-41(5,6)7)22-9-8-20(16-23(22)28(36)38)27-24(31)17-32-29(34-27)33-21-10-12-39-13-11-21/h8-9,16-17,21,25H,10-15,18-19H2,1-7H3,(H,32,33,34). The van der Waals surface area contributed by atoms with Crippen LogP contribution in [0.5, 0.6) is 0 Å². The van der Waals surface area contributed by atoms with E-state index in [1.54, 1.807) is 23.0 Å². The molecule has 4 rings (SSSR count). The molecular formula is C30H44ClN5O4Si. The molecule has 1 N–H and O–H groups in total. The van der Waals surface area contributed by atoms with Gasteiger partial charge in [0.1, 0.15) is 6.54 Å². The van der Waals surface area contributed by atoms with Crippen LogP contribution in [-0.4, -0.2) is 91.3 Å². The molecule has 0 bridgehead atoms. The topological polar surface area (TPSA) is 96.9 Å². The number of benzene rings is 1. The summed E-state index contributed by atoms with van der Waals surface area (Å²) < 4.78 is 11.6. The quantitative estimate of drug-likeness (QED) is 0.284. The van der Waals surface area contributed by atoms with E-state index in [9.17, 15) is 9.59 Å². The number of rotatable bonds is 10. The Balaban J connectivity index is 1.60. The molecule has 0 radical (unpaired) electrons. The predicted octanol–water partition coefficient (Wildman–Crippen LogP) is 5.50. The van der Waals surface area contributed by atoms with Gasteiger partial charge >= 0.3 is 0 Å². The lowest BCUT2D eigenvalue weighted by atomic mass is 10.0. The van der Waals surface area contributed by atoms with Crippen LogP contribution in [0.4, 0.5) is 5.95 Å². The van der Waals surface area contributed by atoms with Crippen LogP contribution in [-0.2, 0) is 14.3 Å². The molecule has 2 aromatic rings. The van der Waals surface area contributed by atoms with Gasteiger partial charge in [-0.1, -0.05) is 43.4 Å². The number of aromatic nitrogens is 2. The highest BCUT2D eigenvalue weighted by atomic mass is 35.5. The molecule has 2 aliphatic rings. The number of amides is 2. The Morgan fingerprint density at radius 1 is 1.24 bits per heavy atom. The number of hydrogen-bond acceptors (Lipinski definition) is 7. The van der Waals surface area contributed by atoms with Gasteiger partial charge in [-0.2, -0.15) is 0 Å². The number of halogens is 1. The minimum absolute atomic E-state index is 0.0217. The second-order valence-electron chi connectivity index (χ2n) is 13.2. The Kier molecular flexibility index (Phi) is 9.78. The molecule has 3 heterocycles. The fourth-order valence-electron chi connectivity index (χ4n) is 4.87. The molecule has 1 fully saturated rings. The first kappa shape index (κ1) is 31.4. The van der Waals surface area contributed by atoms with E-state index in [4.69, 9.17) is 26.1 Å². The van der Waals surface area contributed by atoms with Crippen molar-refractivity contribution in [1.29, 1.82) is 0 Å². The molecule has 1 saturated heterocycles. The highest BCUT2D eigenvalue weighted by Gasteiger charge is 2.39. The van der Waals surface area contributed by atoms with Crippen molar-refractivity contribution in [2.24, 2.45) is 0 Å². The zero-order valence-corrected chi connectivity index (χ0v) is 27.2. The van der Waals surface area contributed by atoms with Gasteiger partial charge in [0.15, 0.2) is 0 Å². The monoisotopic (exact) mass is 601 g/mol. The molecule has 2 amide bonds. The average Bonchev–Trinajstić information content (AvgIpc) is 3.16. The minimum atomic E-state index is -1.27. The summed E-state index contributed by atoms with van der Waals surface area (Å²) in [5.41, 5.74) is 2.31. The zero-order chi connectivity index (χ0) is 29.9. The van der Waals surface area contributed by atoms with E-state index in [1.807, 2.05) is 39.0 Å². The fourth-order valence-corrected chi connectivity index (χ4v) is 5.82. The van der Waals surface area contributed by atoms with Gasteiger partial charge in [-0.3, -0.25) is 9.59 Å². The second kappa shape index (κ2) is 12.8. The molecule has 1 aromatic carbocycles. The van der Waals surface area contributed by atoms with Gasteiger partial charge in [0.25, 0.3) is 5.91 Å². The molecule has 0 saturated carbocycles. The third-order valence-electron chi connectivity index (χ3n) is 7.81. The van der Waals surface area contributed by atoms with Crippen molar-refractivity contribution in [3.63, 3.8) is 0 Å². The number of nitrogens with one attached hydrogen (secondary N) is 1. The van der Waals surface area contributed by atoms with Crippen molar-refractivity contribution in [2.75, 3.05) is 45.3 Å². The van der Waals surface area contributed by atoms with Gasteiger partial charge in [0.2, 0.25) is 11.9 Å². The Bertz CT molecular complexity index is 1260. The molecule has 0 aliphatic carbocycles. The summed E-state index contributed by atoms with van der Waals surface area (Å²) in [6.07, 6.45) is 3.35. The summed E-state index contributed by atoms with van der Waals surface area (Å²) in [6, 6.07) is 6.62. The lowest BCUT2D eigenvalue weighted by Crippen LogP contribution is -2.48. The Hall–Kier alpha value is -2.53. The molecule has 41 heavy (non-hydrogen) atoms. The van der Waals surface area contributed by atoms with Crippen molar-refractivity contribution in [1.82, 2.24) is 19.8 Å². The van der Waals surface area contributed by atoms with Gasteiger partial charge < -0.3 is 24.6 Å². The largest absolute Gasteiger partial charge is 0.381 e. The van der Waals surface area contributed by atoms with Crippen LogP contribution in [0.3, 0.4) is 0 Å². The number of nitrogens with zero attached hydrogens (tertiary/aromatic N) is 4. The summed E-state index contributed by atoms with van der Waals surface area (Å²) >= 11 is 6.55. The molecule has 1 unspecified atom stereocenters. The van der Waals surface area contributed by atoms with E-state index in [-0.39, 0.29) is 36.0 Å². The molecule has 1 aromatic heterocycles. The number of hydrogen-bond donors (Lipinski definition) is 1. The molecule has 2 aliphatic heterocycles. The van der Waals surface area contributed by atoms with Gasteiger partial charge in [0.05, 0.1) is 29.6 Å². The predicted molar refractivity (Wildman–Crippen MR) is 165 cm³/mol. The van der Waals surface area contributed by atoms with E-state index in [1.165, 1.54) is 0 Å². The smallest absolute Gasteiger partial charge is 0.255 e. The van der Waals surface area contributed by atoms with Crippen LogP contribution in [0.2, 0.25) is 30.7 Å². The van der Waals surface area contributed by atoms with Gasteiger partial charge in [-0.25, -0.2) is 9.97 Å². The highest BCUT2D eigenvalue weighted by Crippen LogP contribution is 2.38. The molecule has 11 heteroatoms. The van der Waals surface area contributed by atoms with E-state index >= 15 is 0 Å². The van der Waals surface area contributed by atoms with E-state index in [0.29, 0.717) is 48.7 Å². The fraction of sp³-hybridized carbons (Fsp3) is 0.600. The van der Waals surface area contributed by atoms with Gasteiger partial charge in [0, 0.05) is 57.6 Å². The van der Waals surface area contributed by atoms with Crippen molar-refractivity contribution >= 4 is 37.4 Å². The summed E-state index contributed by atoms with van der Waals surface area (Å²) in [5, 5.41) is 3.79. The van der Waals surface area contributed by atoms with Crippen molar-refractivity contribution in [3.05, 3.63) is 40.5 Å². The van der Waals surface area contributed by atoms with Crippen LogP contribution >= 0.6 is 11.6 Å². The number of fused-ring (bicyclic) bond motifs is 1. The first-order valence-electron chi connectivity index (χ1n) is 14.4. The third-order valence-corrected chi connectivity index (χ3v) is 9.79. The van der Waals surface area contributed by atoms with Crippen molar-refractivity contribution in [3.8, 4) is 11.3 Å². The zero-order valence-electron chi connectivity index (χ0n) is 25.4. The molecule has 9 nitrogen and oxygen atoms in total. The first-order valence-corrected chi connectivity index (χ1v) is 18.5. The molecule has 0 spiro atoms. The van der Waals surface area contributed by atoms with Crippen LogP contribution in [0.25, 0.3) is 11.3 Å². The summed E-state index contributed by atoms with van der Waals surface area (Å²) in [6.45, 7) is 15.2. The lowest BCUT2D eigenvalue weighted by Gasteiger charge is -2.34. The van der Waals surface area contributed by atoms with E-state index < -0.39 is 8.07 Å². The number of carbonyl (C=O) groups is 2. The maximum atomic E-state index is 13.8. The van der Waals surface area contributed by atoms with Crippen LogP contribution in [0, 0.1) is 0 Å². The Labute approximate surface area is 250 Å². The van der Waals surface area contributed by atoms with E-state index in [2.05, 4.69) is 29.9 Å². The molecule has 1 atom stereocenters. The molecule has 224 valence electrons. The van der Waals surface area contributed by atoms with Gasteiger partial charge in [-0.15, -0.1) is 0 Å². The summed E-state index contributed by atoms with van der Waals surface area (Å²) in [5.74, 6) is 0.185. The number of likely N-dealkylation sites (N-methyl/N-ethyl adjacent to an activating group) is 1. The van der Waals surface area contributed by atoms with Crippen molar-refractivity contribution in [2.45, 2.75) is 76.9 Å². The average molecular weight is 602 g/mol. The minimum Gasteiger partial charge on any atom is -0.381 e. The normalized spacial score (nSPS) is 18.0. The number of anilines is 1. The first-order chi connectivity index (χ1) is 19.2. The Morgan fingerprint density at radius 3 is 2.61 bits per heavy atom. The summed E-state index contributed by atoms with van der Waals surface area (Å²) in [7, 11) is 0.504. The SMILES string of the molecule is CN(C(=O)CN1C(=O)c2cc(-c3nc(NC4CCOCC4)ncc3Cl)ccc2C1COCC[Si](C)(C)C)C(C)(C)C. The highest BCUT2D eigenvalue weighted by molar-refractivity contribution is 6.76. The van der Waals surface area contributed by atoms with Crippen LogP contribution in [0.15, 0.2) is 24.4 Å². The molecular weight excluding hydrogens is 558 g/mol. The Morgan fingerprint density at radius 2 is 1.95 bits per heavy atom. The summed E-state index contributed by atoms with van der Waals surface area (Å²) in [4.78, 5) is 39.5. The second-order valence-corrected chi connectivity index (χ2v) is 19.2. The van der Waals surface area contributed by atoms with Crippen LogP contribution in [0.1, 0.15) is 55.6 Å². The van der Waals surface area contributed by atoms with Crippen LogP contribution < -0.4 is 5.32 Å². The number of carbonyl (C=O) groups excluding carboxylic acids is 2. The van der Waals surface area contributed by atoms with E-state index in [0.717, 1.165) is 30.0 Å². The van der Waals surface area contributed by atoms with Crippen molar-refractivity contribution < 1.29 is 19.1 Å². The third kappa shape index (κ3) is 7.85. The lowest BCUT2D eigenvalue weighted by molar-refractivity contribution is -0.135. The maximum Gasteiger partial charge on any atom is 0.255 e. The number of ether oxygens (including phenoxy) is 2. The van der Waals surface area contributed by atoms with Gasteiger partial charge in [-0.05, 0) is 51.3 Å².